The first kappa shape index (κ1) is 14.8. The van der Waals surface area contributed by atoms with Crippen LogP contribution in [0.5, 0.6) is 0 Å². The van der Waals surface area contributed by atoms with E-state index in [1.165, 1.54) is 0 Å². The van der Waals surface area contributed by atoms with Crippen LogP contribution in [0.4, 0.5) is 4.79 Å². The van der Waals surface area contributed by atoms with Crippen LogP contribution in [-0.4, -0.2) is 41.8 Å². The molecule has 1 unspecified atom stereocenters. The lowest BCUT2D eigenvalue weighted by atomic mass is 9.90. The molecule has 5 nitrogen and oxygen atoms in total. The first-order chi connectivity index (χ1) is 8.32. The van der Waals surface area contributed by atoms with Crippen LogP contribution in [0.3, 0.4) is 0 Å². The maximum absolute atomic E-state index is 12.0. The van der Waals surface area contributed by atoms with Gasteiger partial charge >= 0.3 is 6.09 Å². The maximum Gasteiger partial charge on any atom is 0.410 e. The molecular weight excluding hydrogens is 230 g/mol. The topological polar surface area (TPSA) is 65.4 Å². The lowest BCUT2D eigenvalue weighted by molar-refractivity contribution is 0.0152. The standard InChI is InChI=1S/C13H23N3O2/c1-5-15-13(9-14)7-6-8-16(10-13)11(17)18-12(2,3)4/h15H,5-8,10H2,1-4H3. The minimum atomic E-state index is -0.621. The number of nitrogens with one attached hydrogen (secondary N) is 1. The van der Waals surface area contributed by atoms with Crippen LogP contribution in [0.1, 0.15) is 40.5 Å². The highest BCUT2D eigenvalue weighted by Crippen LogP contribution is 2.22. The van der Waals surface area contributed by atoms with Gasteiger partial charge in [0.05, 0.1) is 12.6 Å². The van der Waals surface area contributed by atoms with E-state index in [0.29, 0.717) is 13.1 Å². The van der Waals surface area contributed by atoms with Gasteiger partial charge in [-0.15, -0.1) is 0 Å². The van der Waals surface area contributed by atoms with Gasteiger partial charge in [-0.05, 0) is 40.2 Å². The number of hydrogen-bond donors (Lipinski definition) is 1. The summed E-state index contributed by atoms with van der Waals surface area (Å²) in [4.78, 5) is 13.6. The van der Waals surface area contributed by atoms with E-state index in [4.69, 9.17) is 4.74 Å². The van der Waals surface area contributed by atoms with Crippen LogP contribution >= 0.6 is 0 Å². The molecule has 5 heteroatoms. The molecule has 1 saturated heterocycles. The molecule has 18 heavy (non-hydrogen) atoms. The van der Waals surface area contributed by atoms with E-state index < -0.39 is 11.1 Å². The number of piperidine rings is 1. The number of carbonyl (C=O) groups is 1. The third kappa shape index (κ3) is 3.88. The van der Waals surface area contributed by atoms with Crippen molar-refractivity contribution >= 4 is 6.09 Å². The summed E-state index contributed by atoms with van der Waals surface area (Å²) in [6.07, 6.45) is 1.26. The molecule has 1 heterocycles. The molecule has 1 aliphatic rings. The normalized spacial score (nSPS) is 24.5. The Morgan fingerprint density at radius 3 is 2.72 bits per heavy atom. The number of nitriles is 1. The number of likely N-dealkylation sites (tertiary alicyclic amines) is 1. The number of likely N-dealkylation sites (N-methyl/N-ethyl adjacent to an activating group) is 1. The Bertz CT molecular complexity index is 339. The van der Waals surface area contributed by atoms with E-state index in [-0.39, 0.29) is 6.09 Å². The molecule has 0 aromatic rings. The van der Waals surface area contributed by atoms with Crippen LogP contribution in [0, 0.1) is 11.3 Å². The van der Waals surface area contributed by atoms with Gasteiger partial charge in [-0.2, -0.15) is 5.26 Å². The van der Waals surface area contributed by atoms with Gasteiger partial charge < -0.3 is 9.64 Å². The van der Waals surface area contributed by atoms with Gasteiger partial charge in [0.15, 0.2) is 0 Å². The zero-order valence-corrected chi connectivity index (χ0v) is 11.7. The van der Waals surface area contributed by atoms with E-state index in [2.05, 4.69) is 11.4 Å². The number of amides is 1. The Hall–Kier alpha value is -1.28. The lowest BCUT2D eigenvalue weighted by Crippen LogP contribution is -2.57. The SMILES string of the molecule is CCNC1(C#N)CCCN(C(=O)OC(C)(C)C)C1. The average Bonchev–Trinajstić information content (AvgIpc) is 2.27. The first-order valence-electron chi connectivity index (χ1n) is 6.46. The summed E-state index contributed by atoms with van der Waals surface area (Å²) < 4.78 is 5.34. The fraction of sp³-hybridized carbons (Fsp3) is 0.846. The van der Waals surface area contributed by atoms with Crippen molar-refractivity contribution in [3.8, 4) is 6.07 Å². The quantitative estimate of drug-likeness (QED) is 0.816. The highest BCUT2D eigenvalue weighted by atomic mass is 16.6. The number of ether oxygens (including phenoxy) is 1. The third-order valence-electron chi connectivity index (χ3n) is 2.87. The minimum Gasteiger partial charge on any atom is -0.444 e. The second-order valence-electron chi connectivity index (χ2n) is 5.73. The molecule has 0 bridgehead atoms. The second kappa shape index (κ2) is 5.57. The van der Waals surface area contributed by atoms with Crippen molar-refractivity contribution in [2.24, 2.45) is 0 Å². The lowest BCUT2D eigenvalue weighted by Gasteiger charge is -2.39. The number of nitrogens with zero attached hydrogens (tertiary/aromatic N) is 2. The van der Waals surface area contributed by atoms with E-state index in [1.807, 2.05) is 27.7 Å². The summed E-state index contributed by atoms with van der Waals surface area (Å²) in [6.45, 7) is 9.27. The largest absolute Gasteiger partial charge is 0.444 e. The van der Waals surface area contributed by atoms with Crippen LogP contribution < -0.4 is 5.32 Å². The fourth-order valence-corrected chi connectivity index (χ4v) is 2.15. The zero-order chi connectivity index (χ0) is 13.8. The van der Waals surface area contributed by atoms with Crippen molar-refractivity contribution in [3.63, 3.8) is 0 Å². The maximum atomic E-state index is 12.0. The molecule has 0 aromatic carbocycles. The van der Waals surface area contributed by atoms with Crippen molar-refractivity contribution in [2.75, 3.05) is 19.6 Å². The van der Waals surface area contributed by atoms with Crippen LogP contribution in [0.15, 0.2) is 0 Å². The first-order valence-corrected chi connectivity index (χ1v) is 6.46. The van der Waals surface area contributed by atoms with Crippen molar-refractivity contribution in [3.05, 3.63) is 0 Å². The number of rotatable bonds is 2. The Morgan fingerprint density at radius 2 is 2.22 bits per heavy atom. The summed E-state index contributed by atoms with van der Waals surface area (Å²) in [5, 5.41) is 12.5. The average molecular weight is 253 g/mol. The van der Waals surface area contributed by atoms with Gasteiger partial charge in [-0.25, -0.2) is 4.79 Å². The molecule has 1 atom stereocenters. The predicted molar refractivity (Wildman–Crippen MR) is 69.1 cm³/mol. The van der Waals surface area contributed by atoms with Crippen LogP contribution in [0.2, 0.25) is 0 Å². The molecule has 0 saturated carbocycles. The van der Waals surface area contributed by atoms with E-state index in [1.54, 1.807) is 4.90 Å². The minimum absolute atomic E-state index is 0.334. The van der Waals surface area contributed by atoms with Gasteiger partial charge in [-0.1, -0.05) is 6.92 Å². The molecule has 1 rings (SSSR count). The number of hydrogen-bond acceptors (Lipinski definition) is 4. The van der Waals surface area contributed by atoms with Gasteiger partial charge in [0.25, 0.3) is 0 Å². The molecular formula is C13H23N3O2. The third-order valence-corrected chi connectivity index (χ3v) is 2.87. The summed E-state index contributed by atoms with van der Waals surface area (Å²) in [5.74, 6) is 0. The van der Waals surface area contributed by atoms with Crippen molar-refractivity contribution < 1.29 is 9.53 Å². The predicted octanol–water partition coefficient (Wildman–Crippen LogP) is 1.89. The van der Waals surface area contributed by atoms with Gasteiger partial charge in [0.1, 0.15) is 11.1 Å². The van der Waals surface area contributed by atoms with Crippen LogP contribution in [-0.2, 0) is 4.74 Å². The summed E-state index contributed by atoms with van der Waals surface area (Å²) in [6, 6.07) is 2.31. The fourth-order valence-electron chi connectivity index (χ4n) is 2.15. The van der Waals surface area contributed by atoms with Gasteiger partial charge in [0.2, 0.25) is 0 Å². The van der Waals surface area contributed by atoms with E-state index in [9.17, 15) is 10.1 Å². The number of carbonyl (C=O) groups excluding carboxylic acids is 1. The molecule has 0 spiro atoms. The van der Waals surface area contributed by atoms with E-state index in [0.717, 1.165) is 19.4 Å². The summed E-state index contributed by atoms with van der Waals surface area (Å²) in [5.41, 5.74) is -1.12. The van der Waals surface area contributed by atoms with Crippen molar-refractivity contribution in [2.45, 2.75) is 51.7 Å². The molecule has 1 N–H and O–H groups in total. The molecule has 1 amide bonds. The van der Waals surface area contributed by atoms with Crippen molar-refractivity contribution in [1.82, 2.24) is 10.2 Å². The van der Waals surface area contributed by atoms with Crippen molar-refractivity contribution in [1.29, 1.82) is 5.26 Å². The van der Waals surface area contributed by atoms with E-state index >= 15 is 0 Å². The molecule has 102 valence electrons. The monoisotopic (exact) mass is 253 g/mol. The molecule has 0 radical (unpaired) electrons. The smallest absolute Gasteiger partial charge is 0.410 e. The zero-order valence-electron chi connectivity index (χ0n) is 11.7. The summed E-state index contributed by atoms with van der Waals surface area (Å²) in [7, 11) is 0. The van der Waals surface area contributed by atoms with Gasteiger partial charge in [-0.3, -0.25) is 5.32 Å². The molecule has 0 aliphatic carbocycles. The molecule has 0 aromatic heterocycles. The molecule has 1 aliphatic heterocycles. The Kier molecular flexibility index (Phi) is 4.58. The Labute approximate surface area is 109 Å². The second-order valence-corrected chi connectivity index (χ2v) is 5.73. The Morgan fingerprint density at radius 1 is 1.56 bits per heavy atom. The van der Waals surface area contributed by atoms with Crippen LogP contribution in [0.25, 0.3) is 0 Å². The molecule has 1 fully saturated rings. The highest BCUT2D eigenvalue weighted by Gasteiger charge is 2.38. The Balaban J connectivity index is 2.69. The van der Waals surface area contributed by atoms with Gasteiger partial charge in [0, 0.05) is 6.54 Å². The highest BCUT2D eigenvalue weighted by molar-refractivity contribution is 5.68. The summed E-state index contributed by atoms with van der Waals surface area (Å²) >= 11 is 0.